The minimum Gasteiger partial charge on any atom is -0.454 e. The summed E-state index contributed by atoms with van der Waals surface area (Å²) in [5.74, 6) is 0.691. The van der Waals surface area contributed by atoms with Crippen molar-refractivity contribution in [1.82, 2.24) is 19.4 Å². The van der Waals surface area contributed by atoms with E-state index in [0.717, 1.165) is 99.9 Å². The van der Waals surface area contributed by atoms with Gasteiger partial charge in [0.05, 0.1) is 22.4 Å². The van der Waals surface area contributed by atoms with Gasteiger partial charge in [0.2, 0.25) is 0 Å². The van der Waals surface area contributed by atoms with Gasteiger partial charge in [0, 0.05) is 32.8 Å². The first-order chi connectivity index (χ1) is 26.7. The molecule has 0 unspecified atom stereocenters. The molecule has 0 radical (unpaired) electrons. The van der Waals surface area contributed by atoms with Gasteiger partial charge in [0.25, 0.3) is 0 Å². The number of hydrogen-bond donors (Lipinski definition) is 0. The zero-order chi connectivity index (χ0) is 35.6. The second kappa shape index (κ2) is 12.1. The maximum Gasteiger partial charge on any atom is 0.160 e. The Labute approximate surface area is 310 Å². The Morgan fingerprint density at radius 1 is 0.389 bits per heavy atom. The van der Waals surface area contributed by atoms with Gasteiger partial charge in [-0.25, -0.2) is 15.0 Å². The van der Waals surface area contributed by atoms with Crippen molar-refractivity contribution in [3.05, 3.63) is 182 Å². The Morgan fingerprint density at radius 2 is 0.944 bits per heavy atom. The highest BCUT2D eigenvalue weighted by atomic mass is 16.3. The van der Waals surface area contributed by atoms with E-state index in [1.54, 1.807) is 0 Å². The van der Waals surface area contributed by atoms with E-state index in [9.17, 15) is 0 Å². The average Bonchev–Trinajstić information content (AvgIpc) is 3.83. The van der Waals surface area contributed by atoms with E-state index >= 15 is 0 Å². The molecule has 54 heavy (non-hydrogen) atoms. The van der Waals surface area contributed by atoms with Crippen LogP contribution in [0.2, 0.25) is 0 Å². The number of benzene rings is 7. The maximum absolute atomic E-state index is 6.64. The van der Waals surface area contributed by atoms with Crippen LogP contribution in [0.25, 0.3) is 106 Å². The Hall–Kier alpha value is -7.37. The Bertz CT molecular complexity index is 3160. The molecule has 7 aromatic carbocycles. The van der Waals surface area contributed by atoms with E-state index in [4.69, 9.17) is 19.4 Å². The quantitative estimate of drug-likeness (QED) is 0.180. The molecular formula is C49H30N4O. The second-order valence-corrected chi connectivity index (χ2v) is 13.7. The lowest BCUT2D eigenvalue weighted by molar-refractivity contribution is 0.672. The van der Waals surface area contributed by atoms with Gasteiger partial charge < -0.3 is 4.42 Å². The second-order valence-electron chi connectivity index (χ2n) is 13.7. The summed E-state index contributed by atoms with van der Waals surface area (Å²) in [4.78, 5) is 15.2. The van der Waals surface area contributed by atoms with E-state index in [1.165, 1.54) is 0 Å². The molecule has 0 atom stereocenters. The minimum atomic E-state index is 0.691. The van der Waals surface area contributed by atoms with Crippen molar-refractivity contribution in [3.8, 4) is 56.2 Å². The Kier molecular flexibility index (Phi) is 6.79. The number of imidazole rings is 1. The molecule has 5 nitrogen and oxygen atoms in total. The van der Waals surface area contributed by atoms with Gasteiger partial charge >= 0.3 is 0 Å². The first kappa shape index (κ1) is 30.3. The smallest absolute Gasteiger partial charge is 0.160 e. The van der Waals surface area contributed by atoms with Crippen molar-refractivity contribution in [2.24, 2.45) is 0 Å². The maximum atomic E-state index is 6.64. The molecule has 11 aromatic rings. The van der Waals surface area contributed by atoms with Crippen LogP contribution in [0, 0.1) is 0 Å². The molecular weight excluding hydrogens is 661 g/mol. The summed E-state index contributed by atoms with van der Waals surface area (Å²) in [7, 11) is 0. The van der Waals surface area contributed by atoms with Crippen LogP contribution in [0.1, 0.15) is 0 Å². The van der Waals surface area contributed by atoms with Crippen LogP contribution in [0.5, 0.6) is 0 Å². The molecule has 4 heterocycles. The number of fused-ring (bicyclic) bond motifs is 10. The van der Waals surface area contributed by atoms with Gasteiger partial charge in [-0.2, -0.15) is 0 Å². The normalized spacial score (nSPS) is 11.7. The Morgan fingerprint density at radius 3 is 1.65 bits per heavy atom. The first-order valence-electron chi connectivity index (χ1n) is 18.1. The number of para-hydroxylation sites is 2. The molecule has 5 heteroatoms. The van der Waals surface area contributed by atoms with Crippen LogP contribution < -0.4 is 0 Å². The van der Waals surface area contributed by atoms with Gasteiger partial charge in [-0.15, -0.1) is 0 Å². The molecule has 0 amide bonds. The van der Waals surface area contributed by atoms with Crippen molar-refractivity contribution in [2.45, 2.75) is 0 Å². The van der Waals surface area contributed by atoms with Crippen molar-refractivity contribution < 1.29 is 4.42 Å². The number of nitrogens with zero attached hydrogens (tertiary/aromatic N) is 4. The summed E-state index contributed by atoms with van der Waals surface area (Å²) in [6.07, 6.45) is 0. The number of rotatable bonds is 5. The lowest BCUT2D eigenvalue weighted by atomic mass is 9.97. The molecule has 0 N–H and O–H groups in total. The summed E-state index contributed by atoms with van der Waals surface area (Å²) in [5, 5.41) is 3.19. The topological polar surface area (TPSA) is 56.2 Å². The highest BCUT2D eigenvalue weighted by molar-refractivity contribution is 6.19. The van der Waals surface area contributed by atoms with Crippen LogP contribution >= 0.6 is 0 Å². The molecule has 0 bridgehead atoms. The largest absolute Gasteiger partial charge is 0.454 e. The van der Waals surface area contributed by atoms with Crippen LogP contribution in [0.4, 0.5) is 0 Å². The fraction of sp³-hybridized carbons (Fsp3) is 0. The predicted molar refractivity (Wildman–Crippen MR) is 220 cm³/mol. The van der Waals surface area contributed by atoms with Crippen molar-refractivity contribution in [2.75, 3.05) is 0 Å². The summed E-state index contributed by atoms with van der Waals surface area (Å²) in [6.45, 7) is 0. The zero-order valence-electron chi connectivity index (χ0n) is 29.0. The van der Waals surface area contributed by atoms with Gasteiger partial charge in [0.15, 0.2) is 11.4 Å². The molecule has 0 saturated carbocycles. The van der Waals surface area contributed by atoms with E-state index < -0.39 is 0 Å². The molecule has 4 aromatic heterocycles. The number of pyridine rings is 1. The van der Waals surface area contributed by atoms with Crippen molar-refractivity contribution in [1.29, 1.82) is 0 Å². The summed E-state index contributed by atoms with van der Waals surface area (Å²) in [6, 6.07) is 63.1. The van der Waals surface area contributed by atoms with Gasteiger partial charge in [-0.3, -0.25) is 4.40 Å². The molecule has 11 rings (SSSR count). The Balaban J connectivity index is 1.04. The van der Waals surface area contributed by atoms with Crippen LogP contribution in [0.15, 0.2) is 186 Å². The number of hydrogen-bond acceptors (Lipinski definition) is 4. The van der Waals surface area contributed by atoms with E-state index in [1.807, 2.05) is 42.5 Å². The molecule has 252 valence electrons. The molecule has 0 aliphatic heterocycles. The SMILES string of the molecule is c1ccc(-c2cc(-c3ccccc3)nc(-c3cccc(-c4cccc(-c5ccc6oc7c8ccccc8c8nc9ccccc9n8c7c6c5)c4)c3)n2)cc1. The third-order valence-corrected chi connectivity index (χ3v) is 10.4. The van der Waals surface area contributed by atoms with Gasteiger partial charge in [-0.05, 0) is 64.7 Å². The zero-order valence-corrected chi connectivity index (χ0v) is 29.0. The van der Waals surface area contributed by atoms with Crippen LogP contribution in [-0.2, 0) is 0 Å². The summed E-state index contributed by atoms with van der Waals surface area (Å²) >= 11 is 0. The molecule has 0 spiro atoms. The number of furan rings is 1. The first-order valence-corrected chi connectivity index (χ1v) is 18.1. The van der Waals surface area contributed by atoms with Crippen molar-refractivity contribution in [3.63, 3.8) is 0 Å². The lowest BCUT2D eigenvalue weighted by Crippen LogP contribution is -1.96. The number of aromatic nitrogens is 4. The lowest BCUT2D eigenvalue weighted by Gasteiger charge is -2.11. The fourth-order valence-corrected chi connectivity index (χ4v) is 7.78. The van der Waals surface area contributed by atoms with Crippen LogP contribution in [0.3, 0.4) is 0 Å². The molecule has 0 aliphatic carbocycles. The van der Waals surface area contributed by atoms with Gasteiger partial charge in [0.1, 0.15) is 16.7 Å². The summed E-state index contributed by atoms with van der Waals surface area (Å²) < 4.78 is 8.91. The average molecular weight is 691 g/mol. The van der Waals surface area contributed by atoms with Crippen molar-refractivity contribution >= 4 is 49.5 Å². The molecule has 0 fully saturated rings. The monoisotopic (exact) mass is 690 g/mol. The summed E-state index contributed by atoms with van der Waals surface area (Å²) in [5.41, 5.74) is 15.0. The van der Waals surface area contributed by atoms with E-state index in [0.29, 0.717) is 5.82 Å². The fourth-order valence-electron chi connectivity index (χ4n) is 7.78. The third-order valence-electron chi connectivity index (χ3n) is 10.4. The highest BCUT2D eigenvalue weighted by Crippen LogP contribution is 2.40. The minimum absolute atomic E-state index is 0.691. The standard InChI is InChI=1S/C49H30N4O/c1-3-13-31(14-4-1)42-30-43(32-15-5-2-6-16-32)51-48(50-42)37-20-12-19-35(28-37)33-17-11-18-34(27-33)36-25-26-45-40(29-36)46-47(54-45)38-21-7-8-22-39(38)49-52-41-23-9-10-24-44(41)53(46)49/h1-30H. The third kappa shape index (κ3) is 4.90. The highest BCUT2D eigenvalue weighted by Gasteiger charge is 2.20. The van der Waals surface area contributed by atoms with Gasteiger partial charge in [-0.1, -0.05) is 140 Å². The van der Waals surface area contributed by atoms with E-state index in [-0.39, 0.29) is 0 Å². The van der Waals surface area contributed by atoms with Crippen LogP contribution in [-0.4, -0.2) is 19.4 Å². The van der Waals surface area contributed by atoms with E-state index in [2.05, 4.69) is 144 Å². The molecule has 0 saturated heterocycles. The molecule has 0 aliphatic rings. The predicted octanol–water partition coefficient (Wildman–Crippen LogP) is 12.7.